The van der Waals surface area contributed by atoms with Gasteiger partial charge in [0.1, 0.15) is 11.6 Å². The first kappa shape index (κ1) is 21.3. The fourth-order valence-corrected chi connectivity index (χ4v) is 3.86. The van der Waals surface area contributed by atoms with Gasteiger partial charge in [0, 0.05) is 6.54 Å². The Morgan fingerprint density at radius 2 is 1.93 bits per heavy atom. The highest BCUT2D eigenvalue weighted by Crippen LogP contribution is 2.32. The van der Waals surface area contributed by atoms with E-state index in [4.69, 9.17) is 4.74 Å². The van der Waals surface area contributed by atoms with Crippen molar-refractivity contribution in [2.24, 2.45) is 0 Å². The van der Waals surface area contributed by atoms with Crippen molar-refractivity contribution in [3.05, 3.63) is 59.4 Å². The van der Waals surface area contributed by atoms with E-state index in [1.807, 2.05) is 24.3 Å². The number of unbranched alkanes of at least 4 members (excludes halogenated alkanes) is 2. The van der Waals surface area contributed by atoms with E-state index in [1.165, 1.54) is 17.4 Å². The zero-order chi connectivity index (χ0) is 20.6. The molecule has 0 aliphatic carbocycles. The van der Waals surface area contributed by atoms with Crippen molar-refractivity contribution in [3.8, 4) is 5.75 Å². The number of rotatable bonds is 9. The van der Waals surface area contributed by atoms with Gasteiger partial charge in [-0.15, -0.1) is 0 Å². The minimum Gasteiger partial charge on any atom is -0.410 e. The summed E-state index contributed by atoms with van der Waals surface area (Å²) in [4.78, 5) is 16.4. The van der Waals surface area contributed by atoms with Crippen LogP contribution in [0, 0.1) is 5.82 Å². The van der Waals surface area contributed by atoms with Crippen LogP contribution in [0.3, 0.4) is 0 Å². The lowest BCUT2D eigenvalue weighted by molar-refractivity contribution is 0.208. The molecule has 0 radical (unpaired) electrons. The number of fused-ring (bicyclic) bond motifs is 1. The zero-order valence-corrected chi connectivity index (χ0v) is 17.5. The van der Waals surface area contributed by atoms with Gasteiger partial charge < -0.3 is 9.64 Å². The van der Waals surface area contributed by atoms with Gasteiger partial charge in [-0.1, -0.05) is 37.6 Å². The molecule has 1 aliphatic rings. The van der Waals surface area contributed by atoms with Crippen molar-refractivity contribution in [2.75, 3.05) is 31.6 Å². The van der Waals surface area contributed by atoms with Crippen molar-refractivity contribution >= 4 is 11.8 Å². The molecule has 3 rings (SSSR count). The van der Waals surface area contributed by atoms with Crippen LogP contribution in [0.1, 0.15) is 43.7 Å². The third kappa shape index (κ3) is 5.80. The summed E-state index contributed by atoms with van der Waals surface area (Å²) in [6, 6.07) is 12.4. The van der Waals surface area contributed by atoms with Gasteiger partial charge in [0.25, 0.3) is 0 Å². The molecule has 0 spiro atoms. The Labute approximate surface area is 173 Å². The number of hydrogen-bond donors (Lipinski definition) is 0. The number of ether oxygens (including phenoxy) is 1. The Hall–Kier alpha value is -2.40. The molecular weight excluding hydrogens is 367 g/mol. The molecule has 1 heterocycles. The van der Waals surface area contributed by atoms with Crippen LogP contribution in [0.2, 0.25) is 0 Å². The molecule has 29 heavy (non-hydrogen) atoms. The van der Waals surface area contributed by atoms with Crippen LogP contribution in [-0.2, 0) is 12.8 Å². The van der Waals surface area contributed by atoms with Crippen LogP contribution in [0.25, 0.3) is 0 Å². The largest absolute Gasteiger partial charge is 0.419 e. The summed E-state index contributed by atoms with van der Waals surface area (Å²) in [6.07, 6.45) is 5.41. The van der Waals surface area contributed by atoms with E-state index < -0.39 is 6.09 Å². The highest BCUT2D eigenvalue weighted by Gasteiger charge is 2.27. The number of carbonyl (C=O) groups excluding carboxylic acids is 1. The highest BCUT2D eigenvalue weighted by molar-refractivity contribution is 5.91. The van der Waals surface area contributed by atoms with Gasteiger partial charge in [-0.05, 0) is 81.6 Å². The lowest BCUT2D eigenvalue weighted by Gasteiger charge is -2.17. The number of hydrogen-bond acceptors (Lipinski definition) is 3. The molecule has 0 atom stereocenters. The van der Waals surface area contributed by atoms with Crippen LogP contribution in [0.15, 0.2) is 42.5 Å². The number of aryl methyl sites for hydroxylation is 1. The lowest BCUT2D eigenvalue weighted by atomic mass is 10.0. The number of amides is 1. The molecule has 0 N–H and O–H groups in total. The van der Waals surface area contributed by atoms with Crippen molar-refractivity contribution in [2.45, 2.75) is 45.4 Å². The van der Waals surface area contributed by atoms with Crippen molar-refractivity contribution in [1.82, 2.24) is 4.90 Å². The minimum atomic E-state index is -0.460. The van der Waals surface area contributed by atoms with Gasteiger partial charge in [0.05, 0.1) is 5.69 Å². The highest BCUT2D eigenvalue weighted by atomic mass is 19.1. The number of anilines is 1. The number of para-hydroxylation sites is 1. The summed E-state index contributed by atoms with van der Waals surface area (Å²) in [5, 5.41) is 0. The number of benzene rings is 2. The second-order valence-corrected chi connectivity index (χ2v) is 7.77. The van der Waals surface area contributed by atoms with Gasteiger partial charge in [0.2, 0.25) is 0 Å². The van der Waals surface area contributed by atoms with Crippen molar-refractivity contribution in [1.29, 1.82) is 0 Å². The summed E-state index contributed by atoms with van der Waals surface area (Å²) >= 11 is 0. The van der Waals surface area contributed by atoms with Crippen LogP contribution in [0.4, 0.5) is 14.9 Å². The van der Waals surface area contributed by atoms with E-state index in [0.717, 1.165) is 56.3 Å². The molecule has 4 nitrogen and oxygen atoms in total. The van der Waals surface area contributed by atoms with E-state index in [2.05, 4.69) is 18.9 Å². The summed E-state index contributed by atoms with van der Waals surface area (Å²) in [5.74, 6) is 0.263. The molecule has 2 aromatic rings. The van der Waals surface area contributed by atoms with Gasteiger partial charge in [-0.3, -0.25) is 4.90 Å². The van der Waals surface area contributed by atoms with Crippen LogP contribution in [-0.4, -0.2) is 37.7 Å². The molecule has 5 heteroatoms. The molecular formula is C24H31FN2O2. The first-order chi connectivity index (χ1) is 14.1. The summed E-state index contributed by atoms with van der Waals surface area (Å²) in [5.41, 5.74) is 2.41. The molecule has 0 saturated carbocycles. The Kier molecular flexibility index (Phi) is 7.64. The Morgan fingerprint density at radius 1 is 1.14 bits per heavy atom. The fraction of sp³-hybridized carbons (Fsp3) is 0.458. The summed E-state index contributed by atoms with van der Waals surface area (Å²) in [6.45, 7) is 4.94. The van der Waals surface area contributed by atoms with E-state index >= 15 is 0 Å². The Bertz CT molecular complexity index is 810. The number of nitrogens with zero attached hydrogens (tertiary/aromatic N) is 2. The van der Waals surface area contributed by atoms with Crippen LogP contribution < -0.4 is 9.64 Å². The molecule has 0 saturated heterocycles. The van der Waals surface area contributed by atoms with Crippen LogP contribution >= 0.6 is 0 Å². The first-order valence-corrected chi connectivity index (χ1v) is 10.6. The summed E-state index contributed by atoms with van der Waals surface area (Å²) in [7, 11) is 2.15. The topological polar surface area (TPSA) is 32.8 Å². The van der Waals surface area contributed by atoms with Gasteiger partial charge in [-0.2, -0.15) is 0 Å². The summed E-state index contributed by atoms with van der Waals surface area (Å²) < 4.78 is 20.1. The molecule has 2 aromatic carbocycles. The third-order valence-corrected chi connectivity index (χ3v) is 5.40. The average molecular weight is 399 g/mol. The smallest absolute Gasteiger partial charge is 0.410 e. The monoisotopic (exact) mass is 398 g/mol. The standard InChI is InChI=1S/C24H31FN2O2/c1-3-14-26(2)15-9-5-6-10-19-17-20-13-16-27(23(20)18-22(19)25)24(28)29-21-11-7-4-8-12-21/h4,7-8,11-12,17-18H,3,5-6,9-10,13-16H2,1-2H3. The lowest BCUT2D eigenvalue weighted by Crippen LogP contribution is -2.31. The SMILES string of the molecule is CCCN(C)CCCCCc1cc2c(cc1F)N(C(=O)Oc1ccccc1)CC2. The predicted octanol–water partition coefficient (Wildman–Crippen LogP) is 5.44. The number of halogens is 1. The first-order valence-electron chi connectivity index (χ1n) is 10.6. The molecule has 0 unspecified atom stereocenters. The molecule has 0 bridgehead atoms. The normalized spacial score (nSPS) is 13.0. The molecule has 0 aromatic heterocycles. The maximum Gasteiger partial charge on any atom is 0.419 e. The molecule has 0 fully saturated rings. The van der Waals surface area contributed by atoms with E-state index in [0.29, 0.717) is 18.0 Å². The van der Waals surface area contributed by atoms with Gasteiger partial charge in [0.15, 0.2) is 0 Å². The molecule has 156 valence electrons. The van der Waals surface area contributed by atoms with E-state index in [-0.39, 0.29) is 5.82 Å². The maximum atomic E-state index is 14.7. The van der Waals surface area contributed by atoms with Gasteiger partial charge in [-0.25, -0.2) is 9.18 Å². The van der Waals surface area contributed by atoms with E-state index in [1.54, 1.807) is 12.1 Å². The maximum absolute atomic E-state index is 14.7. The second kappa shape index (κ2) is 10.4. The quantitative estimate of drug-likeness (QED) is 0.527. The molecule has 1 amide bonds. The Morgan fingerprint density at radius 3 is 2.69 bits per heavy atom. The second-order valence-electron chi connectivity index (χ2n) is 7.77. The fourth-order valence-electron chi connectivity index (χ4n) is 3.86. The van der Waals surface area contributed by atoms with Crippen molar-refractivity contribution < 1.29 is 13.9 Å². The third-order valence-electron chi connectivity index (χ3n) is 5.40. The number of carbonyl (C=O) groups is 1. The predicted molar refractivity (Wildman–Crippen MR) is 115 cm³/mol. The zero-order valence-electron chi connectivity index (χ0n) is 17.5. The van der Waals surface area contributed by atoms with Crippen LogP contribution in [0.5, 0.6) is 5.75 Å². The Balaban J connectivity index is 1.55. The minimum absolute atomic E-state index is 0.230. The van der Waals surface area contributed by atoms with Crippen molar-refractivity contribution in [3.63, 3.8) is 0 Å². The molecule has 1 aliphatic heterocycles. The average Bonchev–Trinajstić information content (AvgIpc) is 3.11. The van der Waals surface area contributed by atoms with E-state index in [9.17, 15) is 9.18 Å². The van der Waals surface area contributed by atoms with Gasteiger partial charge >= 0.3 is 6.09 Å².